The highest BCUT2D eigenvalue weighted by atomic mass is 16.1. The Kier molecular flexibility index (Phi) is 3.31. The van der Waals surface area contributed by atoms with Crippen molar-refractivity contribution in [1.29, 1.82) is 0 Å². The van der Waals surface area contributed by atoms with Crippen molar-refractivity contribution in [3.05, 3.63) is 42.4 Å². The highest BCUT2D eigenvalue weighted by molar-refractivity contribution is 5.94. The molecule has 4 rings (SSSR count). The third-order valence-corrected chi connectivity index (χ3v) is 6.85. The molecule has 1 N–H and O–H groups in total. The molecule has 2 saturated carbocycles. The van der Waals surface area contributed by atoms with E-state index in [9.17, 15) is 4.79 Å². The van der Waals surface area contributed by atoms with E-state index in [-0.39, 0.29) is 17.4 Å². The van der Waals surface area contributed by atoms with Crippen molar-refractivity contribution in [2.24, 2.45) is 16.7 Å². The minimum Gasteiger partial charge on any atom is -0.349 e. The van der Waals surface area contributed by atoms with Crippen LogP contribution in [0.1, 0.15) is 50.4 Å². The van der Waals surface area contributed by atoms with E-state index in [1.165, 1.54) is 12.8 Å². The fourth-order valence-electron chi connectivity index (χ4n) is 4.72. The van der Waals surface area contributed by atoms with Crippen molar-refractivity contribution in [3.63, 3.8) is 0 Å². The second-order valence-corrected chi connectivity index (χ2v) is 7.99. The molecule has 2 heterocycles. The van der Waals surface area contributed by atoms with Gasteiger partial charge < -0.3 is 5.32 Å². The van der Waals surface area contributed by atoms with Crippen molar-refractivity contribution in [1.82, 2.24) is 20.1 Å². The summed E-state index contributed by atoms with van der Waals surface area (Å²) in [5.74, 6) is 1.40. The molecule has 0 aliphatic heterocycles. The average molecular weight is 324 g/mol. The molecular formula is C19H24N4O. The number of hydrogen-bond acceptors (Lipinski definition) is 3. The monoisotopic (exact) mass is 324 g/mol. The molecule has 2 fully saturated rings. The standard InChI is InChI=1S/C19H24N4O/c1-18(2)14-7-8-19(18,3)15(11-14)22-17(24)13-5-6-16(20-12-13)23-10-4-9-21-23/h4-6,9-10,12,14-15H,7-8,11H2,1-3H3,(H,22,24). The maximum atomic E-state index is 12.7. The van der Waals surface area contributed by atoms with Gasteiger partial charge in [0.1, 0.15) is 0 Å². The molecule has 2 aromatic rings. The molecule has 1 amide bonds. The first-order valence-corrected chi connectivity index (χ1v) is 8.69. The van der Waals surface area contributed by atoms with Crippen LogP contribution >= 0.6 is 0 Å². The van der Waals surface area contributed by atoms with Crippen LogP contribution in [0.4, 0.5) is 0 Å². The minimum atomic E-state index is -0.0240. The van der Waals surface area contributed by atoms with Crippen LogP contribution in [0, 0.1) is 16.7 Å². The number of aromatic nitrogens is 3. The molecule has 5 nitrogen and oxygen atoms in total. The zero-order valence-electron chi connectivity index (χ0n) is 14.5. The Morgan fingerprint density at radius 1 is 1.33 bits per heavy atom. The number of nitrogens with one attached hydrogen (secondary N) is 1. The average Bonchev–Trinajstić information content (AvgIpc) is 3.22. The van der Waals surface area contributed by atoms with Gasteiger partial charge in [-0.1, -0.05) is 20.8 Å². The summed E-state index contributed by atoms with van der Waals surface area (Å²) in [6, 6.07) is 5.75. The van der Waals surface area contributed by atoms with Gasteiger partial charge in [0.05, 0.1) is 5.56 Å². The van der Waals surface area contributed by atoms with E-state index in [4.69, 9.17) is 0 Å². The molecule has 3 unspecified atom stereocenters. The Balaban J connectivity index is 1.49. The molecule has 2 bridgehead atoms. The second-order valence-electron chi connectivity index (χ2n) is 7.99. The number of carbonyl (C=O) groups excluding carboxylic acids is 1. The largest absolute Gasteiger partial charge is 0.349 e. The third-order valence-electron chi connectivity index (χ3n) is 6.85. The zero-order chi connectivity index (χ0) is 16.9. The van der Waals surface area contributed by atoms with Gasteiger partial charge in [-0.2, -0.15) is 5.10 Å². The molecule has 0 radical (unpaired) electrons. The molecule has 0 spiro atoms. The van der Waals surface area contributed by atoms with Gasteiger partial charge in [-0.05, 0) is 54.2 Å². The first kappa shape index (κ1) is 15.4. The molecule has 2 aliphatic rings. The van der Waals surface area contributed by atoms with Crippen molar-refractivity contribution < 1.29 is 4.79 Å². The number of amides is 1. The van der Waals surface area contributed by atoms with Crippen LogP contribution in [0.25, 0.3) is 5.82 Å². The van der Waals surface area contributed by atoms with Crippen molar-refractivity contribution in [3.8, 4) is 5.82 Å². The quantitative estimate of drug-likeness (QED) is 0.943. The van der Waals surface area contributed by atoms with E-state index < -0.39 is 0 Å². The van der Waals surface area contributed by atoms with Crippen LogP contribution in [0.2, 0.25) is 0 Å². The zero-order valence-corrected chi connectivity index (χ0v) is 14.5. The molecule has 0 aromatic carbocycles. The van der Waals surface area contributed by atoms with Crippen LogP contribution in [0.5, 0.6) is 0 Å². The van der Waals surface area contributed by atoms with E-state index in [0.29, 0.717) is 22.7 Å². The fourth-order valence-corrected chi connectivity index (χ4v) is 4.72. The Morgan fingerprint density at radius 3 is 2.71 bits per heavy atom. The maximum absolute atomic E-state index is 12.7. The van der Waals surface area contributed by atoms with E-state index in [0.717, 1.165) is 6.42 Å². The molecule has 3 atom stereocenters. The summed E-state index contributed by atoms with van der Waals surface area (Å²) < 4.78 is 1.68. The van der Waals surface area contributed by atoms with E-state index >= 15 is 0 Å². The van der Waals surface area contributed by atoms with Gasteiger partial charge in [0.15, 0.2) is 5.82 Å². The molecule has 2 aromatic heterocycles. The maximum Gasteiger partial charge on any atom is 0.253 e. The number of rotatable bonds is 3. The Hall–Kier alpha value is -2.17. The number of hydrogen-bond donors (Lipinski definition) is 1. The highest BCUT2D eigenvalue weighted by Gasteiger charge is 2.61. The predicted molar refractivity (Wildman–Crippen MR) is 91.8 cm³/mol. The van der Waals surface area contributed by atoms with Crippen LogP contribution in [0.3, 0.4) is 0 Å². The van der Waals surface area contributed by atoms with Gasteiger partial charge in [0.2, 0.25) is 0 Å². The summed E-state index contributed by atoms with van der Waals surface area (Å²) in [6.07, 6.45) is 8.75. The van der Waals surface area contributed by atoms with Gasteiger partial charge in [-0.15, -0.1) is 0 Å². The Morgan fingerprint density at radius 2 is 2.17 bits per heavy atom. The van der Waals surface area contributed by atoms with Gasteiger partial charge >= 0.3 is 0 Å². The number of fused-ring (bicyclic) bond motifs is 2. The molecule has 126 valence electrons. The molecular weight excluding hydrogens is 300 g/mol. The van der Waals surface area contributed by atoms with Crippen LogP contribution < -0.4 is 5.32 Å². The lowest BCUT2D eigenvalue weighted by Crippen LogP contribution is -2.46. The lowest BCUT2D eigenvalue weighted by molar-refractivity contribution is 0.0826. The van der Waals surface area contributed by atoms with Crippen molar-refractivity contribution in [2.45, 2.75) is 46.1 Å². The van der Waals surface area contributed by atoms with Gasteiger partial charge in [0.25, 0.3) is 5.91 Å². The third kappa shape index (κ3) is 2.10. The summed E-state index contributed by atoms with van der Waals surface area (Å²) in [6.45, 7) is 7.05. The second kappa shape index (κ2) is 5.16. The van der Waals surface area contributed by atoms with Gasteiger partial charge in [-0.25, -0.2) is 9.67 Å². The smallest absolute Gasteiger partial charge is 0.253 e. The topological polar surface area (TPSA) is 59.8 Å². The van der Waals surface area contributed by atoms with Gasteiger partial charge in [-0.3, -0.25) is 4.79 Å². The van der Waals surface area contributed by atoms with Crippen LogP contribution in [0.15, 0.2) is 36.8 Å². The number of carbonyl (C=O) groups is 1. The Labute approximate surface area is 142 Å². The van der Waals surface area contributed by atoms with Crippen molar-refractivity contribution >= 4 is 5.91 Å². The van der Waals surface area contributed by atoms with Crippen LogP contribution in [-0.2, 0) is 0 Å². The summed E-state index contributed by atoms with van der Waals surface area (Å²) in [5, 5.41) is 7.42. The number of nitrogens with zero attached hydrogens (tertiary/aromatic N) is 3. The minimum absolute atomic E-state index is 0.0240. The summed E-state index contributed by atoms with van der Waals surface area (Å²) >= 11 is 0. The summed E-state index contributed by atoms with van der Waals surface area (Å²) in [5.41, 5.74) is 1.10. The van der Waals surface area contributed by atoms with Gasteiger partial charge in [0, 0.05) is 24.6 Å². The first-order chi connectivity index (χ1) is 11.4. The lowest BCUT2D eigenvalue weighted by Gasteiger charge is -2.39. The molecule has 2 aliphatic carbocycles. The van der Waals surface area contributed by atoms with E-state index in [1.807, 2.05) is 24.4 Å². The summed E-state index contributed by atoms with van der Waals surface area (Å²) in [7, 11) is 0. The fraction of sp³-hybridized carbons (Fsp3) is 0.526. The Bertz CT molecular complexity index is 750. The highest BCUT2D eigenvalue weighted by Crippen LogP contribution is 2.65. The molecule has 5 heteroatoms. The first-order valence-electron chi connectivity index (χ1n) is 8.69. The molecule has 24 heavy (non-hydrogen) atoms. The molecule has 0 saturated heterocycles. The predicted octanol–water partition coefficient (Wildman–Crippen LogP) is 3.21. The van der Waals surface area contributed by atoms with Crippen LogP contribution in [-0.4, -0.2) is 26.7 Å². The normalized spacial score (nSPS) is 30.5. The van der Waals surface area contributed by atoms with Crippen molar-refractivity contribution in [2.75, 3.05) is 0 Å². The summed E-state index contributed by atoms with van der Waals surface area (Å²) in [4.78, 5) is 17.0. The number of pyridine rings is 1. The van der Waals surface area contributed by atoms with E-state index in [1.54, 1.807) is 17.1 Å². The SMILES string of the molecule is CC1(C)C2CCC1(C)C(NC(=O)c1ccc(-n3cccn3)nc1)C2. The van der Waals surface area contributed by atoms with E-state index in [2.05, 4.69) is 36.2 Å². The lowest BCUT2D eigenvalue weighted by atomic mass is 9.69.